The fraction of sp³-hybridized carbons (Fsp3) is 0.733. The molecule has 1 aliphatic heterocycles. The molecule has 0 amide bonds. The van der Waals surface area contributed by atoms with Gasteiger partial charge in [-0.15, -0.1) is 0 Å². The number of rotatable bonds is 4. The Labute approximate surface area is 119 Å². The number of hydrogen-bond donors (Lipinski definition) is 0. The lowest BCUT2D eigenvalue weighted by atomic mass is 10.1. The molecule has 1 aromatic heterocycles. The molecule has 1 atom stereocenters. The Bertz CT molecular complexity index is 431. The van der Waals surface area contributed by atoms with Gasteiger partial charge in [0.1, 0.15) is 0 Å². The number of thioether (sulfide) groups is 1. The summed E-state index contributed by atoms with van der Waals surface area (Å²) in [6.07, 6.45) is 11.2. The van der Waals surface area contributed by atoms with Crippen LogP contribution in [0.15, 0.2) is 12.3 Å². The molecule has 1 saturated heterocycles. The third-order valence-corrected chi connectivity index (χ3v) is 5.68. The lowest BCUT2D eigenvalue weighted by Gasteiger charge is -2.19. The maximum atomic E-state index is 12.2. The van der Waals surface area contributed by atoms with Gasteiger partial charge in [0.2, 0.25) is 0 Å². The van der Waals surface area contributed by atoms with Gasteiger partial charge in [-0.3, -0.25) is 9.48 Å². The molecule has 104 valence electrons. The summed E-state index contributed by atoms with van der Waals surface area (Å²) in [6.45, 7) is 0. The second-order valence-corrected chi connectivity index (χ2v) is 7.03. The molecule has 3 rings (SSSR count). The van der Waals surface area contributed by atoms with Crippen molar-refractivity contribution in [3.63, 3.8) is 0 Å². The maximum absolute atomic E-state index is 12.2. The van der Waals surface area contributed by atoms with E-state index in [9.17, 15) is 4.79 Å². The molecule has 1 unspecified atom stereocenters. The van der Waals surface area contributed by atoms with Crippen LogP contribution in [-0.2, 0) is 11.2 Å². The smallest absolute Gasteiger partial charge is 0.151 e. The van der Waals surface area contributed by atoms with Crippen molar-refractivity contribution in [3.05, 3.63) is 18.0 Å². The van der Waals surface area contributed by atoms with Gasteiger partial charge >= 0.3 is 0 Å². The minimum atomic E-state index is 0.227. The zero-order chi connectivity index (χ0) is 13.1. The van der Waals surface area contributed by atoms with Gasteiger partial charge < -0.3 is 0 Å². The van der Waals surface area contributed by atoms with E-state index < -0.39 is 0 Å². The first-order valence-corrected chi connectivity index (χ1v) is 8.56. The summed E-state index contributed by atoms with van der Waals surface area (Å²) in [5.74, 6) is 1.52. The molecule has 0 bridgehead atoms. The number of aromatic nitrogens is 2. The molecule has 3 nitrogen and oxygen atoms in total. The van der Waals surface area contributed by atoms with E-state index in [2.05, 4.69) is 16.0 Å². The van der Waals surface area contributed by atoms with Gasteiger partial charge in [0, 0.05) is 6.20 Å². The van der Waals surface area contributed by atoms with Gasteiger partial charge in [-0.2, -0.15) is 16.9 Å². The van der Waals surface area contributed by atoms with Crippen molar-refractivity contribution in [2.24, 2.45) is 0 Å². The van der Waals surface area contributed by atoms with E-state index in [1.165, 1.54) is 38.5 Å². The summed E-state index contributed by atoms with van der Waals surface area (Å²) in [4.78, 5) is 12.2. The van der Waals surface area contributed by atoms with E-state index in [1.807, 2.05) is 17.8 Å². The number of carbonyl (C=O) groups excluding carboxylic acids is 1. The molecule has 1 aliphatic carbocycles. The van der Waals surface area contributed by atoms with Gasteiger partial charge in [-0.05, 0) is 37.5 Å². The van der Waals surface area contributed by atoms with Crippen molar-refractivity contribution in [3.8, 4) is 0 Å². The zero-order valence-corrected chi connectivity index (χ0v) is 12.2. The minimum absolute atomic E-state index is 0.227. The first kappa shape index (κ1) is 13.2. The van der Waals surface area contributed by atoms with Crippen LogP contribution in [0.25, 0.3) is 0 Å². The molecule has 0 aromatic carbocycles. The number of carbonyl (C=O) groups is 1. The highest BCUT2D eigenvalue weighted by atomic mass is 32.2. The highest BCUT2D eigenvalue weighted by Crippen LogP contribution is 2.29. The van der Waals surface area contributed by atoms with Crippen molar-refractivity contribution in [1.29, 1.82) is 0 Å². The molecule has 0 spiro atoms. The topological polar surface area (TPSA) is 34.9 Å². The highest BCUT2D eigenvalue weighted by Gasteiger charge is 2.23. The van der Waals surface area contributed by atoms with E-state index in [4.69, 9.17) is 0 Å². The molecule has 2 heterocycles. The SMILES string of the molecule is O=C(Cc1ccn(C2CCCC2)n1)C1CCCCS1. The summed E-state index contributed by atoms with van der Waals surface area (Å²) in [6, 6.07) is 2.61. The lowest BCUT2D eigenvalue weighted by Crippen LogP contribution is -2.23. The normalized spacial score (nSPS) is 24.7. The average molecular weight is 278 g/mol. The summed E-state index contributed by atoms with van der Waals surface area (Å²) in [5, 5.41) is 4.84. The predicted molar refractivity (Wildman–Crippen MR) is 78.5 cm³/mol. The number of nitrogens with zero attached hydrogens (tertiary/aromatic N) is 2. The van der Waals surface area contributed by atoms with Crippen molar-refractivity contribution >= 4 is 17.5 Å². The van der Waals surface area contributed by atoms with Gasteiger partial charge in [0.15, 0.2) is 5.78 Å². The Hall–Kier alpha value is -0.770. The van der Waals surface area contributed by atoms with Crippen LogP contribution in [0.4, 0.5) is 0 Å². The van der Waals surface area contributed by atoms with E-state index in [1.54, 1.807) is 0 Å². The lowest BCUT2D eigenvalue weighted by molar-refractivity contribution is -0.118. The van der Waals surface area contributed by atoms with Gasteiger partial charge in [0.05, 0.1) is 23.4 Å². The van der Waals surface area contributed by atoms with Gasteiger partial charge in [-0.1, -0.05) is 19.3 Å². The van der Waals surface area contributed by atoms with Crippen molar-refractivity contribution in [2.75, 3.05) is 5.75 Å². The fourth-order valence-corrected chi connectivity index (χ4v) is 4.39. The van der Waals surface area contributed by atoms with Gasteiger partial charge in [-0.25, -0.2) is 0 Å². The summed E-state index contributed by atoms with van der Waals surface area (Å²) in [7, 11) is 0. The molecular formula is C15H22N2OS. The molecule has 2 fully saturated rings. The van der Waals surface area contributed by atoms with E-state index in [0.29, 0.717) is 18.2 Å². The standard InChI is InChI=1S/C15H22N2OS/c18-14(15-7-3-4-10-19-15)11-12-8-9-17(16-12)13-5-1-2-6-13/h8-9,13,15H,1-7,10-11H2. The summed E-state index contributed by atoms with van der Waals surface area (Å²) < 4.78 is 2.09. The molecule has 19 heavy (non-hydrogen) atoms. The molecule has 4 heteroatoms. The Morgan fingerprint density at radius 1 is 1.26 bits per heavy atom. The Morgan fingerprint density at radius 2 is 2.05 bits per heavy atom. The van der Waals surface area contributed by atoms with Crippen LogP contribution in [0.3, 0.4) is 0 Å². The average Bonchev–Trinajstić information content (AvgIpc) is 3.10. The number of Topliss-reactive ketones (excluding diaryl/α,β-unsaturated/α-hetero) is 1. The predicted octanol–water partition coefficient (Wildman–Crippen LogP) is 3.40. The molecule has 1 aromatic rings. The number of hydrogen-bond acceptors (Lipinski definition) is 3. The van der Waals surface area contributed by atoms with Crippen LogP contribution < -0.4 is 0 Å². The van der Waals surface area contributed by atoms with Crippen LogP contribution in [-0.4, -0.2) is 26.6 Å². The van der Waals surface area contributed by atoms with E-state index in [0.717, 1.165) is 17.9 Å². The van der Waals surface area contributed by atoms with Crippen LogP contribution in [0.2, 0.25) is 0 Å². The molecule has 1 saturated carbocycles. The first-order chi connectivity index (χ1) is 9.33. The monoisotopic (exact) mass is 278 g/mol. The molecule has 0 radical (unpaired) electrons. The van der Waals surface area contributed by atoms with Gasteiger partial charge in [0.25, 0.3) is 0 Å². The minimum Gasteiger partial charge on any atom is -0.298 e. The van der Waals surface area contributed by atoms with Crippen LogP contribution in [0.1, 0.15) is 56.7 Å². The molecular weight excluding hydrogens is 256 g/mol. The van der Waals surface area contributed by atoms with Crippen LogP contribution in [0.5, 0.6) is 0 Å². The quantitative estimate of drug-likeness (QED) is 0.846. The van der Waals surface area contributed by atoms with Crippen LogP contribution in [0, 0.1) is 0 Å². The maximum Gasteiger partial charge on any atom is 0.151 e. The number of ketones is 1. The zero-order valence-electron chi connectivity index (χ0n) is 11.4. The fourth-order valence-electron chi connectivity index (χ4n) is 3.13. The Balaban J connectivity index is 1.58. The Kier molecular flexibility index (Phi) is 4.26. The summed E-state index contributed by atoms with van der Waals surface area (Å²) >= 11 is 1.84. The van der Waals surface area contributed by atoms with Crippen LogP contribution >= 0.6 is 11.8 Å². The Morgan fingerprint density at radius 3 is 2.79 bits per heavy atom. The molecule has 2 aliphatic rings. The van der Waals surface area contributed by atoms with Crippen molar-refractivity contribution in [2.45, 2.75) is 62.7 Å². The summed E-state index contributed by atoms with van der Waals surface area (Å²) in [5.41, 5.74) is 0.961. The highest BCUT2D eigenvalue weighted by molar-refractivity contribution is 8.00. The largest absolute Gasteiger partial charge is 0.298 e. The second kappa shape index (κ2) is 6.12. The second-order valence-electron chi connectivity index (χ2n) is 5.72. The van der Waals surface area contributed by atoms with Crippen molar-refractivity contribution < 1.29 is 4.79 Å². The molecule has 0 N–H and O–H groups in total. The van der Waals surface area contributed by atoms with E-state index >= 15 is 0 Å². The van der Waals surface area contributed by atoms with Crippen molar-refractivity contribution in [1.82, 2.24) is 9.78 Å². The third kappa shape index (κ3) is 3.22. The first-order valence-electron chi connectivity index (χ1n) is 7.51. The third-order valence-electron chi connectivity index (χ3n) is 4.26. The van der Waals surface area contributed by atoms with E-state index in [-0.39, 0.29) is 5.25 Å².